The highest BCUT2D eigenvalue weighted by Gasteiger charge is 2.12. The smallest absolute Gasteiger partial charge is 0.276 e. The molecule has 0 saturated carbocycles. The first-order valence-corrected chi connectivity index (χ1v) is 7.63. The molecule has 6 heteroatoms. The van der Waals surface area contributed by atoms with Crippen LogP contribution in [-0.4, -0.2) is 20.9 Å². The highest BCUT2D eigenvalue weighted by Crippen LogP contribution is 2.20. The normalized spacial score (nSPS) is 10.5. The van der Waals surface area contributed by atoms with Crippen LogP contribution in [-0.2, 0) is 0 Å². The first kappa shape index (κ1) is 14.3. The van der Waals surface area contributed by atoms with Crippen LogP contribution in [0.15, 0.2) is 41.9 Å². The van der Waals surface area contributed by atoms with E-state index in [1.807, 2.05) is 43.5 Å². The van der Waals surface area contributed by atoms with Crippen LogP contribution in [0.1, 0.15) is 21.9 Å². The number of aryl methyl sites for hydroxylation is 2. The summed E-state index contributed by atoms with van der Waals surface area (Å²) in [5, 5.41) is 5.23. The molecule has 3 aromatic rings. The van der Waals surface area contributed by atoms with Crippen molar-refractivity contribution in [3.8, 4) is 11.3 Å². The lowest BCUT2D eigenvalue weighted by Gasteiger charge is -2.06. The van der Waals surface area contributed by atoms with Crippen LogP contribution in [0.25, 0.3) is 11.3 Å². The van der Waals surface area contributed by atoms with E-state index >= 15 is 0 Å². The van der Waals surface area contributed by atoms with Gasteiger partial charge in [-0.2, -0.15) is 0 Å². The Morgan fingerprint density at radius 2 is 2.00 bits per heavy atom. The van der Waals surface area contributed by atoms with Crippen molar-refractivity contribution in [1.29, 1.82) is 0 Å². The number of carbonyl (C=O) groups is 1. The van der Waals surface area contributed by atoms with Crippen molar-refractivity contribution < 1.29 is 4.79 Å². The highest BCUT2D eigenvalue weighted by molar-refractivity contribution is 7.13. The van der Waals surface area contributed by atoms with Gasteiger partial charge in [0.25, 0.3) is 5.91 Å². The molecule has 0 aliphatic rings. The van der Waals surface area contributed by atoms with E-state index in [1.165, 1.54) is 11.3 Å². The largest absolute Gasteiger partial charge is 0.296 e. The number of hydrogen-bond donors (Lipinski definition) is 1. The van der Waals surface area contributed by atoms with Gasteiger partial charge in [-0.3, -0.25) is 15.1 Å². The quantitative estimate of drug-likeness (QED) is 0.804. The summed E-state index contributed by atoms with van der Waals surface area (Å²) in [5.41, 5.74) is 3.68. The molecule has 3 heterocycles. The molecule has 0 saturated heterocycles. The van der Waals surface area contributed by atoms with Gasteiger partial charge in [-0.1, -0.05) is 6.07 Å². The third-order valence-corrected chi connectivity index (χ3v) is 3.86. The third kappa shape index (κ3) is 3.17. The van der Waals surface area contributed by atoms with Crippen LogP contribution in [0.3, 0.4) is 0 Å². The molecule has 22 heavy (non-hydrogen) atoms. The van der Waals surface area contributed by atoms with Crippen molar-refractivity contribution in [1.82, 2.24) is 15.0 Å². The Bertz CT molecular complexity index is 814. The molecule has 0 unspecified atom stereocenters. The van der Waals surface area contributed by atoms with Gasteiger partial charge in [0.05, 0.1) is 11.4 Å². The predicted molar refractivity (Wildman–Crippen MR) is 87.0 cm³/mol. The molecule has 0 bridgehead atoms. The Morgan fingerprint density at radius 1 is 1.14 bits per heavy atom. The average Bonchev–Trinajstić information content (AvgIpc) is 2.92. The second-order valence-electron chi connectivity index (χ2n) is 4.85. The molecule has 0 atom stereocenters. The second-order valence-corrected chi connectivity index (χ2v) is 5.70. The van der Waals surface area contributed by atoms with Crippen molar-refractivity contribution in [3.05, 3.63) is 59.0 Å². The van der Waals surface area contributed by atoms with Crippen LogP contribution in [0, 0.1) is 13.8 Å². The molecule has 3 aromatic heterocycles. The van der Waals surface area contributed by atoms with E-state index in [4.69, 9.17) is 0 Å². The van der Waals surface area contributed by atoms with E-state index in [0.29, 0.717) is 10.8 Å². The molecule has 3 rings (SSSR count). The number of anilines is 1. The molecule has 0 aliphatic carbocycles. The summed E-state index contributed by atoms with van der Waals surface area (Å²) < 4.78 is 0. The third-order valence-electron chi connectivity index (χ3n) is 2.99. The second kappa shape index (κ2) is 6.03. The molecule has 0 aliphatic heterocycles. The number of rotatable bonds is 3. The monoisotopic (exact) mass is 310 g/mol. The standard InChI is InChI=1S/C16H14N4OS/c1-10-7-12(13-5-3-4-6-17-13)8-14(18-10)15(21)20-16-19-11(2)9-22-16/h3-9H,1-2H3,(H,19,20,21). The minimum atomic E-state index is -0.268. The molecule has 0 spiro atoms. The van der Waals surface area contributed by atoms with Gasteiger partial charge < -0.3 is 0 Å². The van der Waals surface area contributed by atoms with Gasteiger partial charge >= 0.3 is 0 Å². The van der Waals surface area contributed by atoms with Crippen LogP contribution < -0.4 is 5.32 Å². The van der Waals surface area contributed by atoms with Gasteiger partial charge in [0.15, 0.2) is 5.13 Å². The molecule has 1 N–H and O–H groups in total. The van der Waals surface area contributed by atoms with Crippen LogP contribution in [0.2, 0.25) is 0 Å². The van der Waals surface area contributed by atoms with Crippen LogP contribution >= 0.6 is 11.3 Å². The van der Waals surface area contributed by atoms with Crippen molar-refractivity contribution in [2.75, 3.05) is 5.32 Å². The van der Waals surface area contributed by atoms with E-state index in [0.717, 1.165) is 22.6 Å². The summed E-state index contributed by atoms with van der Waals surface area (Å²) >= 11 is 1.39. The summed E-state index contributed by atoms with van der Waals surface area (Å²) in [7, 11) is 0. The Balaban J connectivity index is 1.90. The lowest BCUT2D eigenvalue weighted by molar-refractivity contribution is 0.102. The van der Waals surface area contributed by atoms with Gasteiger partial charge in [-0.25, -0.2) is 9.97 Å². The van der Waals surface area contributed by atoms with Gasteiger partial charge in [-0.15, -0.1) is 11.3 Å². The number of carbonyl (C=O) groups excluding carboxylic acids is 1. The van der Waals surface area contributed by atoms with Crippen molar-refractivity contribution in [2.45, 2.75) is 13.8 Å². The molecule has 0 aromatic carbocycles. The maximum absolute atomic E-state index is 12.3. The summed E-state index contributed by atoms with van der Waals surface area (Å²) in [4.78, 5) is 25.2. The first-order chi connectivity index (χ1) is 10.6. The maximum Gasteiger partial charge on any atom is 0.276 e. The Hall–Kier alpha value is -2.60. The fourth-order valence-corrected chi connectivity index (χ4v) is 2.72. The molecular weight excluding hydrogens is 296 g/mol. The number of aromatic nitrogens is 3. The molecule has 110 valence electrons. The summed E-state index contributed by atoms with van der Waals surface area (Å²) in [5.74, 6) is -0.268. The Morgan fingerprint density at radius 3 is 2.68 bits per heavy atom. The fourth-order valence-electron chi connectivity index (χ4n) is 2.04. The molecule has 0 fully saturated rings. The molecule has 1 amide bonds. The van der Waals surface area contributed by atoms with Crippen LogP contribution in [0.4, 0.5) is 5.13 Å². The van der Waals surface area contributed by atoms with Gasteiger partial charge in [0, 0.05) is 22.8 Å². The zero-order chi connectivity index (χ0) is 15.5. The summed E-state index contributed by atoms with van der Waals surface area (Å²) in [6.45, 7) is 3.74. The number of thiazole rings is 1. The number of pyridine rings is 2. The average molecular weight is 310 g/mol. The van der Waals surface area contributed by atoms with Gasteiger partial charge in [-0.05, 0) is 38.1 Å². The predicted octanol–water partition coefficient (Wildman–Crippen LogP) is 3.47. The van der Waals surface area contributed by atoms with Crippen LogP contribution in [0.5, 0.6) is 0 Å². The van der Waals surface area contributed by atoms with Gasteiger partial charge in [0.1, 0.15) is 5.69 Å². The summed E-state index contributed by atoms with van der Waals surface area (Å²) in [6, 6.07) is 9.32. The van der Waals surface area contributed by atoms with Crippen molar-refractivity contribution >= 4 is 22.4 Å². The lowest BCUT2D eigenvalue weighted by atomic mass is 10.1. The van der Waals surface area contributed by atoms with E-state index in [1.54, 1.807) is 12.3 Å². The minimum absolute atomic E-state index is 0.268. The zero-order valence-corrected chi connectivity index (χ0v) is 13.0. The van der Waals surface area contributed by atoms with E-state index in [2.05, 4.69) is 20.3 Å². The first-order valence-electron chi connectivity index (χ1n) is 6.75. The minimum Gasteiger partial charge on any atom is -0.296 e. The fraction of sp³-hybridized carbons (Fsp3) is 0.125. The molecule has 0 radical (unpaired) electrons. The van der Waals surface area contributed by atoms with E-state index in [9.17, 15) is 4.79 Å². The maximum atomic E-state index is 12.3. The number of hydrogen-bond acceptors (Lipinski definition) is 5. The number of nitrogens with one attached hydrogen (secondary N) is 1. The van der Waals surface area contributed by atoms with Crippen molar-refractivity contribution in [2.24, 2.45) is 0 Å². The SMILES string of the molecule is Cc1cc(-c2ccccn2)cc(C(=O)Nc2nc(C)cs2)n1. The van der Waals surface area contributed by atoms with E-state index < -0.39 is 0 Å². The van der Waals surface area contributed by atoms with Gasteiger partial charge in [0.2, 0.25) is 0 Å². The Kier molecular flexibility index (Phi) is 3.93. The topological polar surface area (TPSA) is 67.8 Å². The highest BCUT2D eigenvalue weighted by atomic mass is 32.1. The molecular formula is C16H14N4OS. The number of amides is 1. The molecule has 5 nitrogen and oxygen atoms in total. The van der Waals surface area contributed by atoms with E-state index in [-0.39, 0.29) is 5.91 Å². The van der Waals surface area contributed by atoms with Crippen molar-refractivity contribution in [3.63, 3.8) is 0 Å². The number of nitrogens with zero attached hydrogens (tertiary/aromatic N) is 3. The lowest BCUT2D eigenvalue weighted by Crippen LogP contribution is -2.14. The summed E-state index contributed by atoms with van der Waals surface area (Å²) in [6.07, 6.45) is 1.73. The Labute approximate surface area is 132 Å². The zero-order valence-electron chi connectivity index (χ0n) is 12.2.